The minimum atomic E-state index is -3.52. The third-order valence-corrected chi connectivity index (χ3v) is 6.75. The Kier molecular flexibility index (Phi) is 7.41. The van der Waals surface area contributed by atoms with E-state index in [0.717, 1.165) is 17.2 Å². The lowest BCUT2D eigenvalue weighted by Gasteiger charge is -2.19. The van der Waals surface area contributed by atoms with Gasteiger partial charge < -0.3 is 9.30 Å². The van der Waals surface area contributed by atoms with E-state index in [-0.39, 0.29) is 16.7 Å². The lowest BCUT2D eigenvalue weighted by Crippen LogP contribution is -2.20. The molecule has 0 radical (unpaired) electrons. The topological polar surface area (TPSA) is 94.5 Å². The number of para-hydroxylation sites is 1. The summed E-state index contributed by atoms with van der Waals surface area (Å²) >= 11 is 0. The number of ether oxygens (including phenoxy) is 1. The number of aryl methyl sites for hydroxylation is 3. The van der Waals surface area contributed by atoms with Gasteiger partial charge in [-0.25, -0.2) is 8.42 Å². The summed E-state index contributed by atoms with van der Waals surface area (Å²) < 4.78 is 34.8. The molecule has 0 atom stereocenters. The van der Waals surface area contributed by atoms with Crippen LogP contribution in [0.5, 0.6) is 11.5 Å². The quantitative estimate of drug-likeness (QED) is 0.346. The summed E-state index contributed by atoms with van der Waals surface area (Å²) in [5.41, 5.74) is 2.71. The first kappa shape index (κ1) is 25.0. The van der Waals surface area contributed by atoms with Crippen LogP contribution in [0.2, 0.25) is 0 Å². The second-order valence-corrected chi connectivity index (χ2v) is 9.88. The van der Waals surface area contributed by atoms with E-state index in [1.54, 1.807) is 35.9 Å². The highest BCUT2D eigenvalue weighted by Gasteiger charge is 2.17. The minimum absolute atomic E-state index is 0.0214. The third kappa shape index (κ3) is 5.28. The molecule has 1 heterocycles. The Morgan fingerprint density at radius 2 is 1.79 bits per heavy atom. The van der Waals surface area contributed by atoms with Crippen molar-refractivity contribution < 1.29 is 17.9 Å². The SMILES string of the molecule is C=CC(=O)c1cn(-c2cc(NS(=O)(=O)CC)ccc2Oc2c(C)cccc2C)cc(CC)c1=O. The van der Waals surface area contributed by atoms with Crippen molar-refractivity contribution in [1.29, 1.82) is 0 Å². The Bertz CT molecular complexity index is 1400. The van der Waals surface area contributed by atoms with Gasteiger partial charge in [0.2, 0.25) is 10.0 Å². The fourth-order valence-electron chi connectivity index (χ4n) is 3.50. The Hall–Kier alpha value is -3.65. The first-order chi connectivity index (χ1) is 16.1. The Morgan fingerprint density at radius 3 is 2.38 bits per heavy atom. The van der Waals surface area contributed by atoms with Gasteiger partial charge in [-0.1, -0.05) is 31.7 Å². The lowest BCUT2D eigenvalue weighted by molar-refractivity contribution is 0.104. The third-order valence-electron chi connectivity index (χ3n) is 5.44. The molecule has 0 saturated heterocycles. The number of rotatable bonds is 9. The predicted octanol–water partition coefficient (Wildman–Crippen LogP) is 4.94. The number of hydrogen-bond donors (Lipinski definition) is 1. The van der Waals surface area contributed by atoms with Gasteiger partial charge in [0.15, 0.2) is 17.0 Å². The maximum absolute atomic E-state index is 12.7. The number of pyridine rings is 1. The normalized spacial score (nSPS) is 11.2. The zero-order valence-electron chi connectivity index (χ0n) is 19.7. The van der Waals surface area contributed by atoms with Gasteiger partial charge in [0.1, 0.15) is 5.75 Å². The van der Waals surface area contributed by atoms with Gasteiger partial charge in [0.25, 0.3) is 0 Å². The van der Waals surface area contributed by atoms with Crippen LogP contribution in [0.4, 0.5) is 5.69 Å². The van der Waals surface area contributed by atoms with Crippen molar-refractivity contribution in [1.82, 2.24) is 4.57 Å². The van der Waals surface area contributed by atoms with Crippen molar-refractivity contribution in [2.24, 2.45) is 0 Å². The molecule has 0 spiro atoms. The van der Waals surface area contributed by atoms with E-state index >= 15 is 0 Å². The Morgan fingerprint density at radius 1 is 1.12 bits per heavy atom. The second kappa shape index (κ2) is 10.1. The molecule has 34 heavy (non-hydrogen) atoms. The first-order valence-electron chi connectivity index (χ1n) is 10.9. The zero-order valence-corrected chi connectivity index (χ0v) is 20.5. The van der Waals surface area contributed by atoms with Crippen LogP contribution in [0.15, 0.2) is 66.2 Å². The number of nitrogens with one attached hydrogen (secondary N) is 1. The highest BCUT2D eigenvalue weighted by Crippen LogP contribution is 2.34. The highest BCUT2D eigenvalue weighted by atomic mass is 32.2. The van der Waals surface area contributed by atoms with Gasteiger partial charge in [0, 0.05) is 18.0 Å². The monoisotopic (exact) mass is 480 g/mol. The summed E-state index contributed by atoms with van der Waals surface area (Å²) in [6.07, 6.45) is 4.57. The molecule has 1 N–H and O–H groups in total. The Balaban J connectivity index is 2.27. The second-order valence-electron chi connectivity index (χ2n) is 7.87. The molecule has 0 aliphatic heterocycles. The van der Waals surface area contributed by atoms with E-state index in [1.807, 2.05) is 39.0 Å². The summed E-state index contributed by atoms with van der Waals surface area (Å²) in [6.45, 7) is 10.7. The molecule has 8 heteroatoms. The molecule has 0 aliphatic carbocycles. The first-order valence-corrected chi connectivity index (χ1v) is 12.6. The Labute approximate surface area is 199 Å². The number of benzene rings is 2. The number of allylic oxidation sites excluding steroid dienone is 1. The molecule has 0 fully saturated rings. The summed E-state index contributed by atoms with van der Waals surface area (Å²) in [5.74, 6) is 0.525. The lowest BCUT2D eigenvalue weighted by atomic mass is 10.1. The van der Waals surface area contributed by atoms with E-state index in [2.05, 4.69) is 11.3 Å². The number of nitrogens with zero attached hydrogens (tertiary/aromatic N) is 1. The molecule has 178 valence electrons. The minimum Gasteiger partial charge on any atom is -0.455 e. The van der Waals surface area contributed by atoms with Gasteiger partial charge in [-0.15, -0.1) is 0 Å². The molecule has 0 amide bonds. The van der Waals surface area contributed by atoms with E-state index < -0.39 is 15.8 Å². The molecule has 2 aromatic carbocycles. The molecule has 7 nitrogen and oxygen atoms in total. The summed E-state index contributed by atoms with van der Waals surface area (Å²) in [6, 6.07) is 10.7. The van der Waals surface area contributed by atoms with Crippen LogP contribution in [0.3, 0.4) is 0 Å². The van der Waals surface area contributed by atoms with E-state index in [9.17, 15) is 18.0 Å². The van der Waals surface area contributed by atoms with Crippen LogP contribution in [0.1, 0.15) is 40.9 Å². The highest BCUT2D eigenvalue weighted by molar-refractivity contribution is 7.92. The zero-order chi connectivity index (χ0) is 25.0. The fourth-order valence-corrected chi connectivity index (χ4v) is 4.13. The smallest absolute Gasteiger partial charge is 0.232 e. The molecular formula is C26H28N2O5S. The fraction of sp³-hybridized carbons (Fsp3) is 0.231. The van der Waals surface area contributed by atoms with Gasteiger partial charge in [-0.05, 0) is 62.6 Å². The molecule has 0 saturated carbocycles. The molecule has 3 aromatic rings. The molecule has 1 aromatic heterocycles. The van der Waals surface area contributed by atoms with Crippen LogP contribution in [0.25, 0.3) is 5.69 Å². The number of sulfonamides is 1. The van der Waals surface area contributed by atoms with E-state index in [4.69, 9.17) is 4.74 Å². The van der Waals surface area contributed by atoms with Gasteiger partial charge >= 0.3 is 0 Å². The van der Waals surface area contributed by atoms with Crippen molar-refractivity contribution >= 4 is 21.5 Å². The van der Waals surface area contributed by atoms with Crippen molar-refractivity contribution in [2.75, 3.05) is 10.5 Å². The van der Waals surface area contributed by atoms with Crippen molar-refractivity contribution in [3.05, 3.63) is 93.9 Å². The molecule has 0 bridgehead atoms. The number of hydrogen-bond acceptors (Lipinski definition) is 5. The average molecular weight is 481 g/mol. The molecule has 3 rings (SSSR count). The van der Waals surface area contributed by atoms with Crippen LogP contribution in [-0.2, 0) is 16.4 Å². The molecule has 0 aliphatic rings. The maximum Gasteiger partial charge on any atom is 0.232 e. The number of carbonyl (C=O) groups excluding carboxylic acids is 1. The van der Waals surface area contributed by atoms with Gasteiger partial charge in [0.05, 0.1) is 22.7 Å². The average Bonchev–Trinajstić information content (AvgIpc) is 2.81. The van der Waals surface area contributed by atoms with Crippen LogP contribution >= 0.6 is 0 Å². The van der Waals surface area contributed by atoms with Crippen LogP contribution < -0.4 is 14.9 Å². The van der Waals surface area contributed by atoms with E-state index in [1.165, 1.54) is 6.20 Å². The van der Waals surface area contributed by atoms with Crippen LogP contribution in [-0.4, -0.2) is 24.5 Å². The number of anilines is 1. The van der Waals surface area contributed by atoms with E-state index in [0.29, 0.717) is 34.9 Å². The van der Waals surface area contributed by atoms with Crippen molar-refractivity contribution in [2.45, 2.75) is 34.1 Å². The summed E-state index contributed by atoms with van der Waals surface area (Å²) in [5, 5.41) is 0. The molecular weight excluding hydrogens is 452 g/mol. The largest absolute Gasteiger partial charge is 0.455 e. The summed E-state index contributed by atoms with van der Waals surface area (Å²) in [4.78, 5) is 25.1. The summed E-state index contributed by atoms with van der Waals surface area (Å²) in [7, 11) is -3.52. The molecule has 0 unspecified atom stereocenters. The standard InChI is InChI=1S/C26H28N2O5S/c1-6-19-15-28(16-21(25(19)30)23(29)7-2)22-14-20(27-34(31,32)8-3)12-13-24(22)33-26-17(4)10-9-11-18(26)5/h7,9-16,27H,2,6,8H2,1,3-5H3. The predicted molar refractivity (Wildman–Crippen MR) is 135 cm³/mol. The van der Waals surface area contributed by atoms with Crippen molar-refractivity contribution in [3.63, 3.8) is 0 Å². The maximum atomic E-state index is 12.7. The number of carbonyl (C=O) groups is 1. The number of ketones is 1. The number of aromatic nitrogens is 1. The van der Waals surface area contributed by atoms with Gasteiger partial charge in [-0.3, -0.25) is 14.3 Å². The van der Waals surface area contributed by atoms with Crippen LogP contribution in [0, 0.1) is 13.8 Å². The van der Waals surface area contributed by atoms with Gasteiger partial charge in [-0.2, -0.15) is 0 Å². The van der Waals surface area contributed by atoms with Crippen molar-refractivity contribution in [3.8, 4) is 17.2 Å².